The number of fused-ring (bicyclic) bond motifs is 1. The van der Waals surface area contributed by atoms with E-state index >= 15 is 0 Å². The van der Waals surface area contributed by atoms with E-state index in [-0.39, 0.29) is 24.0 Å². The van der Waals surface area contributed by atoms with E-state index in [9.17, 15) is 9.59 Å². The van der Waals surface area contributed by atoms with Crippen LogP contribution in [0.25, 0.3) is 0 Å². The van der Waals surface area contributed by atoms with Gasteiger partial charge < -0.3 is 9.15 Å². The second-order valence-corrected chi connectivity index (χ2v) is 5.19. The van der Waals surface area contributed by atoms with Crippen molar-refractivity contribution in [3.05, 3.63) is 59.5 Å². The normalized spacial score (nSPS) is 24.7. The molecule has 2 atom stereocenters. The number of carbonyl (C=O) groups excluding carboxylic acids is 2. The number of hydrogen-bond donors (Lipinski definition) is 0. The minimum Gasteiger partial charge on any atom is -0.466 e. The molecule has 1 aromatic heterocycles. The number of benzene rings is 1. The van der Waals surface area contributed by atoms with Crippen LogP contribution in [0.3, 0.4) is 0 Å². The summed E-state index contributed by atoms with van der Waals surface area (Å²) in [6.07, 6.45) is 1.80. The van der Waals surface area contributed by atoms with E-state index in [1.807, 2.05) is 0 Å². The first kappa shape index (κ1) is 12.3. The molecule has 5 nitrogen and oxygen atoms in total. The van der Waals surface area contributed by atoms with Gasteiger partial charge in [-0.05, 0) is 30.7 Å². The molecule has 0 radical (unpaired) electrons. The van der Waals surface area contributed by atoms with Crippen molar-refractivity contribution in [2.75, 3.05) is 6.61 Å². The molecule has 2 aliphatic heterocycles. The second-order valence-electron chi connectivity index (χ2n) is 5.19. The SMILES string of the molecule is O=C1c2ccccc2C(=O)N1[C@H]1CCO[C@@H]1c1ccco1. The van der Waals surface area contributed by atoms with E-state index in [1.165, 1.54) is 4.90 Å². The summed E-state index contributed by atoms with van der Waals surface area (Å²) in [4.78, 5) is 26.4. The third-order valence-electron chi connectivity index (χ3n) is 4.04. The third kappa shape index (κ3) is 1.74. The zero-order valence-electron chi connectivity index (χ0n) is 11.2. The highest BCUT2D eigenvalue weighted by atomic mass is 16.5. The minimum absolute atomic E-state index is 0.248. The minimum atomic E-state index is -0.387. The number of nitrogens with zero attached hydrogens (tertiary/aromatic N) is 1. The van der Waals surface area contributed by atoms with E-state index in [1.54, 1.807) is 42.7 Å². The highest BCUT2D eigenvalue weighted by Crippen LogP contribution is 2.37. The Morgan fingerprint density at radius 3 is 2.33 bits per heavy atom. The van der Waals surface area contributed by atoms with Gasteiger partial charge >= 0.3 is 0 Å². The molecule has 21 heavy (non-hydrogen) atoms. The van der Waals surface area contributed by atoms with Crippen LogP contribution in [0.15, 0.2) is 47.1 Å². The number of furan rings is 1. The van der Waals surface area contributed by atoms with Crippen LogP contribution in [0.1, 0.15) is 39.0 Å². The van der Waals surface area contributed by atoms with Crippen LogP contribution in [0.2, 0.25) is 0 Å². The van der Waals surface area contributed by atoms with Crippen molar-refractivity contribution < 1.29 is 18.7 Å². The Balaban J connectivity index is 1.71. The topological polar surface area (TPSA) is 59.8 Å². The largest absolute Gasteiger partial charge is 0.466 e. The average molecular weight is 283 g/mol. The van der Waals surface area contributed by atoms with Crippen LogP contribution in [-0.2, 0) is 4.74 Å². The summed E-state index contributed by atoms with van der Waals surface area (Å²) in [7, 11) is 0. The molecule has 0 bridgehead atoms. The molecule has 5 heteroatoms. The van der Waals surface area contributed by atoms with Crippen LogP contribution in [0, 0.1) is 0 Å². The van der Waals surface area contributed by atoms with Crippen molar-refractivity contribution in [1.82, 2.24) is 4.90 Å². The molecule has 1 saturated heterocycles. The monoisotopic (exact) mass is 283 g/mol. The van der Waals surface area contributed by atoms with Crippen molar-refractivity contribution in [3.63, 3.8) is 0 Å². The summed E-state index contributed by atoms with van der Waals surface area (Å²) in [5.74, 6) is 0.152. The van der Waals surface area contributed by atoms with Gasteiger partial charge in [-0.15, -0.1) is 0 Å². The molecule has 2 aliphatic rings. The predicted octanol–water partition coefficient (Wildman–Crippen LogP) is 2.41. The molecule has 0 aliphatic carbocycles. The lowest BCUT2D eigenvalue weighted by Gasteiger charge is -2.25. The molecular weight excluding hydrogens is 270 g/mol. The zero-order chi connectivity index (χ0) is 14.4. The lowest BCUT2D eigenvalue weighted by molar-refractivity contribution is 0.0351. The molecule has 0 spiro atoms. The van der Waals surface area contributed by atoms with Gasteiger partial charge in [-0.25, -0.2) is 0 Å². The van der Waals surface area contributed by atoms with Crippen molar-refractivity contribution in [2.24, 2.45) is 0 Å². The standard InChI is InChI=1S/C16H13NO4/c18-15-10-4-1-2-5-11(10)16(19)17(15)12-7-9-21-14(12)13-6-3-8-20-13/h1-6,8,12,14H,7,9H2/t12-,14-/m0/s1. The van der Waals surface area contributed by atoms with Gasteiger partial charge in [0.1, 0.15) is 11.9 Å². The highest BCUT2D eigenvalue weighted by molar-refractivity contribution is 6.21. The van der Waals surface area contributed by atoms with Gasteiger partial charge in [0.2, 0.25) is 0 Å². The summed E-state index contributed by atoms with van der Waals surface area (Å²) in [5, 5.41) is 0. The van der Waals surface area contributed by atoms with E-state index < -0.39 is 0 Å². The van der Waals surface area contributed by atoms with Crippen LogP contribution >= 0.6 is 0 Å². The molecule has 3 heterocycles. The third-order valence-corrected chi connectivity index (χ3v) is 4.04. The van der Waals surface area contributed by atoms with Gasteiger partial charge in [0.15, 0.2) is 0 Å². The molecule has 2 aromatic rings. The zero-order valence-corrected chi connectivity index (χ0v) is 11.2. The van der Waals surface area contributed by atoms with E-state index in [2.05, 4.69) is 0 Å². The Morgan fingerprint density at radius 1 is 1.00 bits per heavy atom. The lowest BCUT2D eigenvalue weighted by Crippen LogP contribution is -2.41. The molecule has 106 valence electrons. The van der Waals surface area contributed by atoms with Crippen molar-refractivity contribution in [3.8, 4) is 0 Å². The van der Waals surface area contributed by atoms with Gasteiger partial charge in [0, 0.05) is 6.61 Å². The quantitative estimate of drug-likeness (QED) is 0.794. The van der Waals surface area contributed by atoms with Gasteiger partial charge in [-0.1, -0.05) is 12.1 Å². The summed E-state index contributed by atoms with van der Waals surface area (Å²) in [5.41, 5.74) is 0.931. The smallest absolute Gasteiger partial charge is 0.261 e. The fraction of sp³-hybridized carbons (Fsp3) is 0.250. The average Bonchev–Trinajstić information content (AvgIpc) is 3.21. The second kappa shape index (κ2) is 4.56. The number of imide groups is 1. The van der Waals surface area contributed by atoms with Gasteiger partial charge in [0.25, 0.3) is 11.8 Å². The van der Waals surface area contributed by atoms with Crippen LogP contribution in [0.4, 0.5) is 0 Å². The predicted molar refractivity (Wildman–Crippen MR) is 72.7 cm³/mol. The first-order chi connectivity index (χ1) is 10.3. The Labute approximate surface area is 121 Å². The molecule has 0 saturated carbocycles. The lowest BCUT2D eigenvalue weighted by atomic mass is 10.1. The first-order valence-corrected chi connectivity index (χ1v) is 6.89. The Hall–Kier alpha value is -2.40. The van der Waals surface area contributed by atoms with Crippen molar-refractivity contribution >= 4 is 11.8 Å². The number of amides is 2. The maximum atomic E-state index is 12.5. The van der Waals surface area contributed by atoms with Gasteiger partial charge in [-0.3, -0.25) is 14.5 Å². The fourth-order valence-electron chi connectivity index (χ4n) is 3.08. The number of hydrogen-bond acceptors (Lipinski definition) is 4. The van der Waals surface area contributed by atoms with Crippen LogP contribution in [-0.4, -0.2) is 29.4 Å². The fourth-order valence-corrected chi connectivity index (χ4v) is 3.08. The Kier molecular flexibility index (Phi) is 2.68. The summed E-state index contributed by atoms with van der Waals surface area (Å²) >= 11 is 0. The molecule has 0 N–H and O–H groups in total. The molecule has 4 rings (SSSR count). The molecule has 0 unspecified atom stereocenters. The molecular formula is C16H13NO4. The number of rotatable bonds is 2. The van der Waals surface area contributed by atoms with Gasteiger partial charge in [-0.2, -0.15) is 0 Å². The molecule has 1 aromatic carbocycles. The maximum absolute atomic E-state index is 12.5. The number of ether oxygens (including phenoxy) is 1. The Morgan fingerprint density at radius 2 is 1.71 bits per heavy atom. The molecule has 1 fully saturated rings. The number of carbonyl (C=O) groups is 2. The van der Waals surface area contributed by atoms with Crippen molar-refractivity contribution in [1.29, 1.82) is 0 Å². The van der Waals surface area contributed by atoms with Crippen LogP contribution in [0.5, 0.6) is 0 Å². The molecule has 2 amide bonds. The Bertz CT molecular complexity index is 672. The maximum Gasteiger partial charge on any atom is 0.261 e. The van der Waals surface area contributed by atoms with Crippen LogP contribution < -0.4 is 0 Å². The van der Waals surface area contributed by atoms with E-state index in [0.717, 1.165) is 0 Å². The van der Waals surface area contributed by atoms with E-state index in [0.29, 0.717) is 29.9 Å². The summed E-state index contributed by atoms with van der Waals surface area (Å²) in [6, 6.07) is 10.2. The van der Waals surface area contributed by atoms with E-state index in [4.69, 9.17) is 9.15 Å². The summed E-state index contributed by atoms with van der Waals surface area (Å²) in [6.45, 7) is 0.503. The van der Waals surface area contributed by atoms with Gasteiger partial charge in [0.05, 0.1) is 23.4 Å². The first-order valence-electron chi connectivity index (χ1n) is 6.89. The van der Waals surface area contributed by atoms with Crippen molar-refractivity contribution in [2.45, 2.75) is 18.6 Å². The highest BCUT2D eigenvalue weighted by Gasteiger charge is 2.46. The summed E-state index contributed by atoms with van der Waals surface area (Å²) < 4.78 is 11.1.